The summed E-state index contributed by atoms with van der Waals surface area (Å²) >= 11 is 1.33. The first-order chi connectivity index (χ1) is 14.9. The van der Waals surface area contributed by atoms with E-state index < -0.39 is 0 Å². The van der Waals surface area contributed by atoms with Gasteiger partial charge >= 0.3 is 0 Å². The molecular weight excluding hydrogens is 414 g/mol. The molecule has 2 aromatic rings. The summed E-state index contributed by atoms with van der Waals surface area (Å²) in [5.41, 5.74) is 1.12. The van der Waals surface area contributed by atoms with Gasteiger partial charge in [-0.1, -0.05) is 32.0 Å². The molecule has 4 rings (SSSR count). The Balaban J connectivity index is 1.46. The van der Waals surface area contributed by atoms with Crippen LogP contribution in [0.5, 0.6) is 0 Å². The number of rotatable bonds is 5. The molecule has 2 amide bonds. The number of carbonyl (C=O) groups excluding carboxylic acids is 2. The lowest BCUT2D eigenvalue weighted by atomic mass is 10.2. The summed E-state index contributed by atoms with van der Waals surface area (Å²) < 4.78 is 1.19. The van der Waals surface area contributed by atoms with Gasteiger partial charge in [0, 0.05) is 38.4 Å². The molecule has 0 bridgehead atoms. The number of fused-ring (bicyclic) bond motifs is 1. The second-order valence-electron chi connectivity index (χ2n) is 8.21. The van der Waals surface area contributed by atoms with Crippen LogP contribution in [0.1, 0.15) is 13.8 Å². The predicted molar refractivity (Wildman–Crippen MR) is 122 cm³/mol. The van der Waals surface area contributed by atoms with Gasteiger partial charge in [-0.2, -0.15) is 5.10 Å². The number of nitrogens with zero attached hydrogens (tertiary/aromatic N) is 5. The van der Waals surface area contributed by atoms with Crippen molar-refractivity contribution in [3.05, 3.63) is 46.9 Å². The molecule has 9 heteroatoms. The normalized spacial score (nSPS) is 16.6. The van der Waals surface area contributed by atoms with E-state index >= 15 is 0 Å². The maximum atomic E-state index is 13.1. The van der Waals surface area contributed by atoms with Crippen LogP contribution in [0.4, 0.5) is 11.4 Å². The standard InChI is InChI=1S/C22H27N5O3S/c1-16(2)13-26-20(29)15-31-18-12-23-27(22(30)21(18)26)14-19(28)25-10-8-24(9-11-25)17-6-4-3-5-7-17/h3-7,12,16H,8-11,13-15H2,1-2H3. The van der Waals surface area contributed by atoms with Gasteiger partial charge in [0.2, 0.25) is 11.8 Å². The monoisotopic (exact) mass is 441 g/mol. The third-order valence-electron chi connectivity index (χ3n) is 5.49. The molecule has 0 saturated carbocycles. The number of amides is 2. The Morgan fingerprint density at radius 1 is 1.10 bits per heavy atom. The second kappa shape index (κ2) is 9.13. The molecule has 1 saturated heterocycles. The Kier molecular flexibility index (Phi) is 6.31. The molecule has 0 spiro atoms. The van der Waals surface area contributed by atoms with Crippen LogP contribution in [-0.4, -0.2) is 65.0 Å². The fraction of sp³-hybridized carbons (Fsp3) is 0.455. The van der Waals surface area contributed by atoms with Crippen molar-refractivity contribution in [2.24, 2.45) is 5.92 Å². The van der Waals surface area contributed by atoms with Gasteiger partial charge in [0.15, 0.2) is 0 Å². The highest BCUT2D eigenvalue weighted by Gasteiger charge is 2.30. The lowest BCUT2D eigenvalue weighted by Gasteiger charge is -2.36. The van der Waals surface area contributed by atoms with E-state index in [2.05, 4.69) is 22.1 Å². The van der Waals surface area contributed by atoms with E-state index in [9.17, 15) is 14.4 Å². The summed E-state index contributed by atoms with van der Waals surface area (Å²) in [6.45, 7) is 7.06. The van der Waals surface area contributed by atoms with Gasteiger partial charge in [0.25, 0.3) is 5.56 Å². The highest BCUT2D eigenvalue weighted by atomic mass is 32.2. The summed E-state index contributed by atoms with van der Waals surface area (Å²) in [6, 6.07) is 10.1. The number of benzene rings is 1. The average Bonchev–Trinajstić information content (AvgIpc) is 2.78. The summed E-state index contributed by atoms with van der Waals surface area (Å²) in [6.07, 6.45) is 1.60. The zero-order chi connectivity index (χ0) is 22.0. The van der Waals surface area contributed by atoms with Crippen molar-refractivity contribution in [1.29, 1.82) is 0 Å². The molecule has 0 radical (unpaired) electrons. The van der Waals surface area contributed by atoms with E-state index in [-0.39, 0.29) is 29.8 Å². The lowest BCUT2D eigenvalue weighted by molar-refractivity contribution is -0.132. The molecule has 2 aliphatic heterocycles. The molecule has 164 valence electrons. The fourth-order valence-electron chi connectivity index (χ4n) is 3.91. The maximum absolute atomic E-state index is 13.1. The first-order valence-corrected chi connectivity index (χ1v) is 11.5. The molecule has 8 nitrogen and oxygen atoms in total. The average molecular weight is 442 g/mol. The smallest absolute Gasteiger partial charge is 0.292 e. The molecule has 1 aromatic carbocycles. The molecule has 1 fully saturated rings. The summed E-state index contributed by atoms with van der Waals surface area (Å²) in [4.78, 5) is 44.7. The van der Waals surface area contributed by atoms with Crippen molar-refractivity contribution in [3.63, 3.8) is 0 Å². The Morgan fingerprint density at radius 3 is 2.48 bits per heavy atom. The van der Waals surface area contributed by atoms with Crippen LogP contribution >= 0.6 is 11.8 Å². The minimum absolute atomic E-state index is 0.0792. The number of aromatic nitrogens is 2. The number of hydrogen-bond donors (Lipinski definition) is 0. The van der Waals surface area contributed by atoms with Crippen LogP contribution < -0.4 is 15.4 Å². The fourth-order valence-corrected chi connectivity index (χ4v) is 4.80. The van der Waals surface area contributed by atoms with Crippen molar-refractivity contribution in [3.8, 4) is 0 Å². The minimum atomic E-state index is -0.380. The third-order valence-corrected chi connectivity index (χ3v) is 6.49. The van der Waals surface area contributed by atoms with E-state index in [1.165, 1.54) is 16.4 Å². The van der Waals surface area contributed by atoms with Crippen LogP contribution in [0.2, 0.25) is 0 Å². The molecule has 0 atom stereocenters. The zero-order valence-corrected chi connectivity index (χ0v) is 18.7. The van der Waals surface area contributed by atoms with E-state index in [4.69, 9.17) is 0 Å². The minimum Gasteiger partial charge on any atom is -0.368 e. The van der Waals surface area contributed by atoms with Crippen LogP contribution in [0.3, 0.4) is 0 Å². The van der Waals surface area contributed by atoms with Crippen molar-refractivity contribution >= 4 is 35.0 Å². The molecule has 0 aliphatic carbocycles. The quantitative estimate of drug-likeness (QED) is 0.703. The van der Waals surface area contributed by atoms with Crippen molar-refractivity contribution in [1.82, 2.24) is 14.7 Å². The van der Waals surface area contributed by atoms with Crippen LogP contribution in [0.15, 0.2) is 46.2 Å². The summed E-state index contributed by atoms with van der Waals surface area (Å²) in [5.74, 6) is 0.315. The number of thioether (sulfide) groups is 1. The Labute approximate surface area is 185 Å². The molecule has 31 heavy (non-hydrogen) atoms. The third kappa shape index (κ3) is 4.61. The van der Waals surface area contributed by atoms with Crippen LogP contribution in [-0.2, 0) is 16.1 Å². The van der Waals surface area contributed by atoms with Crippen molar-refractivity contribution in [2.45, 2.75) is 25.3 Å². The van der Waals surface area contributed by atoms with E-state index in [0.29, 0.717) is 36.0 Å². The molecule has 1 aromatic heterocycles. The van der Waals surface area contributed by atoms with Gasteiger partial charge in [-0.05, 0) is 18.1 Å². The van der Waals surface area contributed by atoms with Gasteiger partial charge in [-0.15, -0.1) is 11.8 Å². The summed E-state index contributed by atoms with van der Waals surface area (Å²) in [5, 5.41) is 4.21. The van der Waals surface area contributed by atoms with Gasteiger partial charge in [-0.3, -0.25) is 14.4 Å². The van der Waals surface area contributed by atoms with Crippen LogP contribution in [0.25, 0.3) is 0 Å². The Hall–Kier alpha value is -2.81. The zero-order valence-electron chi connectivity index (χ0n) is 17.9. The summed E-state index contributed by atoms with van der Waals surface area (Å²) in [7, 11) is 0. The second-order valence-corrected chi connectivity index (χ2v) is 9.23. The Bertz CT molecular complexity index is 1020. The number of para-hydroxylation sites is 1. The molecular formula is C22H27N5O3S. The SMILES string of the molecule is CC(C)CN1C(=O)CSc2cnn(CC(=O)N3CCN(c4ccccc4)CC3)c(=O)c21. The maximum Gasteiger partial charge on any atom is 0.292 e. The molecule has 3 heterocycles. The predicted octanol–water partition coefficient (Wildman–Crippen LogP) is 1.69. The van der Waals surface area contributed by atoms with Crippen LogP contribution in [0, 0.1) is 5.92 Å². The van der Waals surface area contributed by atoms with Crippen molar-refractivity contribution < 1.29 is 9.59 Å². The lowest BCUT2D eigenvalue weighted by Crippen LogP contribution is -2.50. The van der Waals surface area contributed by atoms with Gasteiger partial charge in [-0.25, -0.2) is 4.68 Å². The van der Waals surface area contributed by atoms with Gasteiger partial charge in [0.1, 0.15) is 12.2 Å². The van der Waals surface area contributed by atoms with E-state index in [1.54, 1.807) is 16.0 Å². The highest BCUT2D eigenvalue weighted by Crippen LogP contribution is 2.32. The molecule has 0 unspecified atom stereocenters. The number of piperazine rings is 1. The van der Waals surface area contributed by atoms with Crippen molar-refractivity contribution in [2.75, 3.05) is 48.3 Å². The van der Waals surface area contributed by atoms with E-state index in [0.717, 1.165) is 18.8 Å². The first kappa shape index (κ1) is 21.4. The largest absolute Gasteiger partial charge is 0.368 e. The van der Waals surface area contributed by atoms with Gasteiger partial charge < -0.3 is 14.7 Å². The first-order valence-electron chi connectivity index (χ1n) is 10.5. The molecule has 0 N–H and O–H groups in total. The topological polar surface area (TPSA) is 78.8 Å². The number of hydrogen-bond acceptors (Lipinski definition) is 6. The Morgan fingerprint density at radius 2 is 1.81 bits per heavy atom. The van der Waals surface area contributed by atoms with Gasteiger partial charge in [0.05, 0.1) is 16.8 Å². The number of carbonyl (C=O) groups is 2. The number of anilines is 2. The van der Waals surface area contributed by atoms with E-state index in [1.807, 2.05) is 32.0 Å². The highest BCUT2D eigenvalue weighted by molar-refractivity contribution is 8.00. The molecule has 2 aliphatic rings.